The SMILES string of the molecule is C=C(C#N)C1(CCCC)CCCCC1.CC(C)C. The van der Waals surface area contributed by atoms with Crippen molar-refractivity contribution in [2.45, 2.75) is 79.1 Å². The van der Waals surface area contributed by atoms with E-state index in [1.54, 1.807) is 0 Å². The van der Waals surface area contributed by atoms with Crippen molar-refractivity contribution < 1.29 is 0 Å². The summed E-state index contributed by atoms with van der Waals surface area (Å²) in [6, 6.07) is 2.29. The van der Waals surface area contributed by atoms with Crippen LogP contribution >= 0.6 is 0 Å². The summed E-state index contributed by atoms with van der Waals surface area (Å²) in [7, 11) is 0. The molecule has 1 heteroatoms. The molecule has 0 aromatic carbocycles. The molecule has 0 bridgehead atoms. The summed E-state index contributed by atoms with van der Waals surface area (Å²) in [5.41, 5.74) is 1.02. The van der Waals surface area contributed by atoms with Crippen molar-refractivity contribution in [3.05, 3.63) is 12.2 Å². The Morgan fingerprint density at radius 1 is 1.22 bits per heavy atom. The lowest BCUT2D eigenvalue weighted by Gasteiger charge is -2.36. The number of unbranched alkanes of at least 4 members (excludes halogenated alkanes) is 1. The maximum absolute atomic E-state index is 9.00. The zero-order chi connectivity index (χ0) is 14.0. The lowest BCUT2D eigenvalue weighted by atomic mass is 9.67. The standard InChI is InChI=1S/C13H21N.C4H10/c1-3-4-8-13(12(2)11-14)9-6-5-7-10-13;1-4(2)3/h2-10H2,1H3;4H,1-3H3. The number of nitrogens with zero attached hydrogens (tertiary/aromatic N) is 1. The van der Waals surface area contributed by atoms with Crippen molar-refractivity contribution in [3.63, 3.8) is 0 Å². The van der Waals surface area contributed by atoms with Crippen molar-refractivity contribution in [1.82, 2.24) is 0 Å². The van der Waals surface area contributed by atoms with Crippen LogP contribution in [0.5, 0.6) is 0 Å². The normalized spacial score (nSPS) is 17.6. The van der Waals surface area contributed by atoms with E-state index >= 15 is 0 Å². The molecule has 1 saturated carbocycles. The molecule has 1 nitrogen and oxygen atoms in total. The molecule has 0 unspecified atom stereocenters. The van der Waals surface area contributed by atoms with Crippen molar-refractivity contribution in [1.29, 1.82) is 5.26 Å². The van der Waals surface area contributed by atoms with E-state index in [-0.39, 0.29) is 5.41 Å². The Bertz CT molecular complexity index is 261. The predicted molar refractivity (Wildman–Crippen MR) is 80.3 cm³/mol. The highest BCUT2D eigenvalue weighted by Gasteiger charge is 2.34. The average Bonchev–Trinajstić information content (AvgIpc) is 2.36. The van der Waals surface area contributed by atoms with Gasteiger partial charge in [0.25, 0.3) is 0 Å². The first kappa shape index (κ1) is 17.2. The average molecular weight is 249 g/mol. The van der Waals surface area contributed by atoms with E-state index < -0.39 is 0 Å². The smallest absolute Gasteiger partial charge is 0.0946 e. The lowest BCUT2D eigenvalue weighted by molar-refractivity contribution is 0.223. The molecule has 0 saturated heterocycles. The van der Waals surface area contributed by atoms with Crippen LogP contribution in [-0.4, -0.2) is 0 Å². The Morgan fingerprint density at radius 2 is 1.72 bits per heavy atom. The second-order valence-corrected chi connectivity index (χ2v) is 6.27. The molecule has 104 valence electrons. The lowest BCUT2D eigenvalue weighted by Crippen LogP contribution is -2.25. The van der Waals surface area contributed by atoms with Gasteiger partial charge in [0, 0.05) is 11.0 Å². The van der Waals surface area contributed by atoms with Crippen molar-refractivity contribution in [3.8, 4) is 6.07 Å². The molecule has 0 spiro atoms. The van der Waals surface area contributed by atoms with Gasteiger partial charge < -0.3 is 0 Å². The molecular weight excluding hydrogens is 218 g/mol. The third kappa shape index (κ3) is 6.24. The summed E-state index contributed by atoms with van der Waals surface area (Å²) in [4.78, 5) is 0. The van der Waals surface area contributed by atoms with E-state index in [0.29, 0.717) is 0 Å². The quantitative estimate of drug-likeness (QED) is 0.572. The Hall–Kier alpha value is -0.770. The van der Waals surface area contributed by atoms with Gasteiger partial charge in [-0.1, -0.05) is 66.4 Å². The van der Waals surface area contributed by atoms with Gasteiger partial charge in [-0.25, -0.2) is 0 Å². The molecule has 0 aromatic rings. The summed E-state index contributed by atoms with van der Waals surface area (Å²) in [5, 5.41) is 9.00. The molecule has 18 heavy (non-hydrogen) atoms. The van der Waals surface area contributed by atoms with Gasteiger partial charge in [0.2, 0.25) is 0 Å². The van der Waals surface area contributed by atoms with Crippen LogP contribution in [0.1, 0.15) is 79.1 Å². The minimum Gasteiger partial charge on any atom is -0.193 e. The van der Waals surface area contributed by atoms with Gasteiger partial charge in [0.1, 0.15) is 0 Å². The second kappa shape index (κ2) is 9.20. The summed E-state index contributed by atoms with van der Waals surface area (Å²) >= 11 is 0. The molecule has 1 fully saturated rings. The Kier molecular flexibility index (Phi) is 8.81. The number of rotatable bonds is 4. The Balaban J connectivity index is 0.000000631. The van der Waals surface area contributed by atoms with Gasteiger partial charge in [-0.3, -0.25) is 0 Å². The van der Waals surface area contributed by atoms with Crippen molar-refractivity contribution >= 4 is 0 Å². The van der Waals surface area contributed by atoms with Gasteiger partial charge in [-0.15, -0.1) is 0 Å². The van der Waals surface area contributed by atoms with Crippen LogP contribution in [-0.2, 0) is 0 Å². The fourth-order valence-electron chi connectivity index (χ4n) is 2.56. The molecule has 0 aromatic heterocycles. The molecule has 1 aliphatic carbocycles. The van der Waals surface area contributed by atoms with Crippen LogP contribution in [0, 0.1) is 22.7 Å². The van der Waals surface area contributed by atoms with E-state index in [2.05, 4.69) is 40.3 Å². The molecule has 0 atom stereocenters. The van der Waals surface area contributed by atoms with Gasteiger partial charge in [0.05, 0.1) is 6.07 Å². The number of hydrogen-bond acceptors (Lipinski definition) is 1. The number of allylic oxidation sites excluding steroid dienone is 1. The van der Waals surface area contributed by atoms with Crippen LogP contribution < -0.4 is 0 Å². The Labute approximate surface area is 114 Å². The van der Waals surface area contributed by atoms with E-state index in [1.807, 2.05) is 0 Å². The summed E-state index contributed by atoms with van der Waals surface area (Å²) < 4.78 is 0. The maximum atomic E-state index is 9.00. The van der Waals surface area contributed by atoms with E-state index in [4.69, 9.17) is 5.26 Å². The van der Waals surface area contributed by atoms with Gasteiger partial charge in [0.15, 0.2) is 0 Å². The fraction of sp³-hybridized carbons (Fsp3) is 0.824. The zero-order valence-electron chi connectivity index (χ0n) is 12.9. The number of nitriles is 1. The minimum absolute atomic E-state index is 0.184. The first-order valence-corrected chi connectivity index (χ1v) is 7.58. The van der Waals surface area contributed by atoms with E-state index in [9.17, 15) is 0 Å². The highest BCUT2D eigenvalue weighted by Crippen LogP contribution is 2.45. The van der Waals surface area contributed by atoms with Gasteiger partial charge in [-0.2, -0.15) is 5.26 Å². The minimum atomic E-state index is 0.184. The molecule has 1 aliphatic rings. The topological polar surface area (TPSA) is 23.8 Å². The van der Waals surface area contributed by atoms with Crippen LogP contribution in [0.15, 0.2) is 12.2 Å². The summed E-state index contributed by atoms with van der Waals surface area (Å²) in [6.07, 6.45) is 9.93. The monoisotopic (exact) mass is 249 g/mol. The second-order valence-electron chi connectivity index (χ2n) is 6.27. The van der Waals surface area contributed by atoms with Crippen LogP contribution in [0.4, 0.5) is 0 Å². The fourth-order valence-corrected chi connectivity index (χ4v) is 2.56. The summed E-state index contributed by atoms with van der Waals surface area (Å²) in [6.45, 7) is 12.7. The van der Waals surface area contributed by atoms with Crippen LogP contribution in [0.3, 0.4) is 0 Å². The molecule has 0 amide bonds. The predicted octanol–water partition coefficient (Wildman–Crippen LogP) is 5.87. The first-order chi connectivity index (χ1) is 8.48. The first-order valence-electron chi connectivity index (χ1n) is 7.58. The Morgan fingerprint density at radius 3 is 2.11 bits per heavy atom. The van der Waals surface area contributed by atoms with Crippen LogP contribution in [0.25, 0.3) is 0 Å². The molecule has 0 N–H and O–H groups in total. The van der Waals surface area contributed by atoms with Gasteiger partial charge in [-0.05, 0) is 25.2 Å². The molecule has 0 heterocycles. The molecule has 1 rings (SSSR count). The highest BCUT2D eigenvalue weighted by molar-refractivity contribution is 5.26. The maximum Gasteiger partial charge on any atom is 0.0946 e. The largest absolute Gasteiger partial charge is 0.193 e. The third-order valence-corrected chi connectivity index (χ3v) is 3.59. The zero-order valence-corrected chi connectivity index (χ0v) is 12.9. The van der Waals surface area contributed by atoms with Crippen molar-refractivity contribution in [2.75, 3.05) is 0 Å². The van der Waals surface area contributed by atoms with Gasteiger partial charge >= 0.3 is 0 Å². The third-order valence-electron chi connectivity index (χ3n) is 3.59. The molecule has 0 radical (unpaired) electrons. The molecule has 0 aliphatic heterocycles. The van der Waals surface area contributed by atoms with Crippen molar-refractivity contribution in [2.24, 2.45) is 11.3 Å². The van der Waals surface area contributed by atoms with E-state index in [1.165, 1.54) is 51.4 Å². The van der Waals surface area contributed by atoms with Crippen LogP contribution in [0.2, 0.25) is 0 Å². The van der Waals surface area contributed by atoms with E-state index in [0.717, 1.165) is 11.5 Å². The molecular formula is C17H31N. The highest BCUT2D eigenvalue weighted by atomic mass is 14.4. The summed E-state index contributed by atoms with van der Waals surface area (Å²) in [5.74, 6) is 0.833. The number of hydrogen-bond donors (Lipinski definition) is 0.